The van der Waals surface area contributed by atoms with E-state index < -0.39 is 12.0 Å². The van der Waals surface area contributed by atoms with Crippen LogP contribution in [0.15, 0.2) is 18.2 Å². The van der Waals surface area contributed by atoms with Crippen LogP contribution in [0.5, 0.6) is 11.5 Å². The van der Waals surface area contributed by atoms with Gasteiger partial charge in [-0.3, -0.25) is 4.79 Å². The van der Waals surface area contributed by atoms with Gasteiger partial charge in [-0.15, -0.1) is 0 Å². The molecule has 0 amide bonds. The molecule has 0 saturated heterocycles. The minimum atomic E-state index is -2.94. The Labute approximate surface area is 157 Å². The van der Waals surface area contributed by atoms with Gasteiger partial charge in [0.1, 0.15) is 0 Å². The molecule has 0 atom stereocenters. The minimum absolute atomic E-state index is 0.0225. The Bertz CT molecular complexity index is 719. The third-order valence-corrected chi connectivity index (χ3v) is 5.47. The second-order valence-corrected chi connectivity index (χ2v) is 7.29. The number of nitriles is 1. The van der Waals surface area contributed by atoms with Crippen LogP contribution in [0.25, 0.3) is 0 Å². The molecule has 27 heavy (non-hydrogen) atoms. The number of benzene rings is 1. The first-order valence-corrected chi connectivity index (χ1v) is 9.18. The maximum absolute atomic E-state index is 12.7. The van der Waals surface area contributed by atoms with Gasteiger partial charge < -0.3 is 14.2 Å². The zero-order valence-electron chi connectivity index (χ0n) is 15.2. The number of esters is 1. The molecule has 0 bridgehead atoms. The number of methoxy groups -OCH3 is 1. The van der Waals surface area contributed by atoms with E-state index in [0.29, 0.717) is 43.8 Å². The van der Waals surface area contributed by atoms with Crippen LogP contribution in [0, 0.1) is 23.2 Å². The zero-order valence-corrected chi connectivity index (χ0v) is 15.2. The molecule has 0 heterocycles. The van der Waals surface area contributed by atoms with Crippen molar-refractivity contribution >= 4 is 5.97 Å². The van der Waals surface area contributed by atoms with E-state index in [-0.39, 0.29) is 23.4 Å². The molecular weight excluding hydrogens is 356 g/mol. The Hall–Kier alpha value is -2.36. The number of rotatable bonds is 7. The monoisotopic (exact) mass is 379 g/mol. The maximum atomic E-state index is 12.7. The fourth-order valence-electron chi connectivity index (χ4n) is 3.58. The highest BCUT2D eigenvalue weighted by atomic mass is 19.3. The van der Waals surface area contributed by atoms with Crippen molar-refractivity contribution in [2.24, 2.45) is 11.8 Å². The number of hydrogen-bond acceptors (Lipinski definition) is 5. The summed E-state index contributed by atoms with van der Waals surface area (Å²) in [6.45, 7) is -2.49. The largest absolute Gasteiger partial charge is 0.489 e. The van der Waals surface area contributed by atoms with Gasteiger partial charge in [-0.05, 0) is 62.1 Å². The lowest BCUT2D eigenvalue weighted by Crippen LogP contribution is -2.33. The number of hydrogen-bond donors (Lipinski definition) is 0. The highest BCUT2D eigenvalue weighted by Crippen LogP contribution is 2.44. The molecule has 0 unspecified atom stereocenters. The summed E-state index contributed by atoms with van der Waals surface area (Å²) in [7, 11) is 1.36. The number of carbonyl (C=O) groups excluding carboxylic acids is 1. The molecular formula is C20H23F2NO4. The Morgan fingerprint density at radius 3 is 2.52 bits per heavy atom. The second kappa shape index (κ2) is 8.12. The SMILES string of the molecule is COC(=O)C1CCC(C#N)(c2ccc(OC(F)F)c(OCC3CC3)c2)CC1. The van der Waals surface area contributed by atoms with Crippen LogP contribution in [-0.2, 0) is 14.9 Å². The fraction of sp³-hybridized carbons (Fsp3) is 0.600. The molecule has 0 N–H and O–H groups in total. The molecule has 1 aromatic carbocycles. The van der Waals surface area contributed by atoms with Crippen molar-refractivity contribution in [3.63, 3.8) is 0 Å². The molecule has 0 spiro atoms. The number of alkyl halides is 2. The van der Waals surface area contributed by atoms with E-state index in [0.717, 1.165) is 12.8 Å². The topological polar surface area (TPSA) is 68.6 Å². The lowest BCUT2D eigenvalue weighted by Gasteiger charge is -2.34. The summed E-state index contributed by atoms with van der Waals surface area (Å²) in [6.07, 6.45) is 4.24. The van der Waals surface area contributed by atoms with Crippen molar-refractivity contribution in [2.45, 2.75) is 50.6 Å². The van der Waals surface area contributed by atoms with Crippen LogP contribution >= 0.6 is 0 Å². The smallest absolute Gasteiger partial charge is 0.387 e. The van der Waals surface area contributed by atoms with Crippen LogP contribution in [0.2, 0.25) is 0 Å². The number of carbonyl (C=O) groups is 1. The Kier molecular flexibility index (Phi) is 5.83. The molecule has 3 rings (SSSR count). The van der Waals surface area contributed by atoms with Crippen molar-refractivity contribution < 1.29 is 27.8 Å². The number of nitrogens with zero attached hydrogens (tertiary/aromatic N) is 1. The van der Waals surface area contributed by atoms with Crippen LogP contribution in [0.3, 0.4) is 0 Å². The zero-order chi connectivity index (χ0) is 19.4. The maximum Gasteiger partial charge on any atom is 0.387 e. The predicted molar refractivity (Wildman–Crippen MR) is 92.6 cm³/mol. The van der Waals surface area contributed by atoms with Gasteiger partial charge in [0, 0.05) is 0 Å². The van der Waals surface area contributed by atoms with Gasteiger partial charge in [-0.2, -0.15) is 14.0 Å². The molecule has 146 valence electrons. The van der Waals surface area contributed by atoms with E-state index in [4.69, 9.17) is 9.47 Å². The van der Waals surface area contributed by atoms with Gasteiger partial charge in [-0.1, -0.05) is 6.07 Å². The first-order chi connectivity index (χ1) is 13.0. The van der Waals surface area contributed by atoms with Gasteiger partial charge in [0.05, 0.1) is 31.1 Å². The Morgan fingerprint density at radius 2 is 1.96 bits per heavy atom. The first-order valence-electron chi connectivity index (χ1n) is 9.18. The summed E-state index contributed by atoms with van der Waals surface area (Å²) in [5.41, 5.74) is -0.0632. The van der Waals surface area contributed by atoms with Crippen LogP contribution in [0.1, 0.15) is 44.1 Å². The quantitative estimate of drug-likeness (QED) is 0.664. The lowest BCUT2D eigenvalue weighted by molar-refractivity contribution is -0.146. The molecule has 2 saturated carbocycles. The third-order valence-electron chi connectivity index (χ3n) is 5.47. The predicted octanol–water partition coefficient (Wildman–Crippen LogP) is 4.20. The van der Waals surface area contributed by atoms with Crippen LogP contribution in [-0.4, -0.2) is 26.3 Å². The van der Waals surface area contributed by atoms with Crippen molar-refractivity contribution in [1.82, 2.24) is 0 Å². The van der Waals surface area contributed by atoms with Crippen molar-refractivity contribution in [3.8, 4) is 17.6 Å². The number of ether oxygens (including phenoxy) is 3. The Balaban J connectivity index is 1.82. The van der Waals surface area contributed by atoms with E-state index >= 15 is 0 Å². The van der Waals surface area contributed by atoms with E-state index in [1.807, 2.05) is 0 Å². The molecule has 1 aromatic rings. The Morgan fingerprint density at radius 1 is 1.26 bits per heavy atom. The summed E-state index contributed by atoms with van der Waals surface area (Å²) >= 11 is 0. The highest BCUT2D eigenvalue weighted by molar-refractivity contribution is 5.72. The first kappa shape index (κ1) is 19.4. The van der Waals surface area contributed by atoms with E-state index in [2.05, 4.69) is 10.8 Å². The van der Waals surface area contributed by atoms with E-state index in [1.54, 1.807) is 12.1 Å². The normalized spacial score (nSPS) is 24.9. The standard InChI is InChI=1S/C20H23F2NO4/c1-25-18(24)14-6-8-20(12-23,9-7-14)15-4-5-16(27-19(21)22)17(10-15)26-11-13-2-3-13/h4-5,10,13-14,19H,2-3,6-9,11H2,1H3. The molecule has 5 nitrogen and oxygen atoms in total. The summed E-state index contributed by atoms with van der Waals surface area (Å²) in [4.78, 5) is 11.7. The molecule has 2 fully saturated rings. The molecule has 0 aromatic heterocycles. The second-order valence-electron chi connectivity index (χ2n) is 7.29. The van der Waals surface area contributed by atoms with E-state index in [9.17, 15) is 18.8 Å². The van der Waals surface area contributed by atoms with Gasteiger partial charge in [0.25, 0.3) is 0 Å². The molecule has 7 heteroatoms. The fourth-order valence-corrected chi connectivity index (χ4v) is 3.58. The van der Waals surface area contributed by atoms with E-state index in [1.165, 1.54) is 13.2 Å². The number of halogens is 2. The van der Waals surface area contributed by atoms with Crippen molar-refractivity contribution in [2.75, 3.05) is 13.7 Å². The third kappa shape index (κ3) is 4.49. The molecule has 0 radical (unpaired) electrons. The average Bonchev–Trinajstić information content (AvgIpc) is 3.50. The van der Waals surface area contributed by atoms with Crippen LogP contribution < -0.4 is 9.47 Å². The molecule has 2 aliphatic carbocycles. The molecule has 2 aliphatic rings. The summed E-state index contributed by atoms with van der Waals surface area (Å²) in [5, 5.41) is 9.85. The van der Waals surface area contributed by atoms with Gasteiger partial charge in [0.2, 0.25) is 0 Å². The highest BCUT2D eigenvalue weighted by Gasteiger charge is 2.40. The minimum Gasteiger partial charge on any atom is -0.489 e. The average molecular weight is 379 g/mol. The van der Waals surface area contributed by atoms with Crippen LogP contribution in [0.4, 0.5) is 8.78 Å². The van der Waals surface area contributed by atoms with Gasteiger partial charge in [-0.25, -0.2) is 0 Å². The van der Waals surface area contributed by atoms with Gasteiger partial charge in [0.15, 0.2) is 11.5 Å². The van der Waals surface area contributed by atoms with Crippen molar-refractivity contribution in [3.05, 3.63) is 23.8 Å². The summed E-state index contributed by atoms with van der Waals surface area (Å²) in [5.74, 6) is 0.211. The summed E-state index contributed by atoms with van der Waals surface area (Å²) in [6, 6.07) is 7.10. The lowest BCUT2D eigenvalue weighted by atomic mass is 9.67. The van der Waals surface area contributed by atoms with Crippen molar-refractivity contribution in [1.29, 1.82) is 5.26 Å². The molecule has 0 aliphatic heterocycles. The summed E-state index contributed by atoms with van der Waals surface area (Å²) < 4.78 is 40.5. The van der Waals surface area contributed by atoms with Gasteiger partial charge >= 0.3 is 12.6 Å².